The second-order valence-electron chi connectivity index (χ2n) is 10.9. The van der Waals surface area contributed by atoms with E-state index in [9.17, 15) is 0 Å². The summed E-state index contributed by atoms with van der Waals surface area (Å²) in [6.45, 7) is 0. The van der Waals surface area contributed by atoms with Gasteiger partial charge in [-0.25, -0.2) is 9.97 Å². The number of furan rings is 3. The molecule has 7 heterocycles. The van der Waals surface area contributed by atoms with E-state index in [4.69, 9.17) is 23.2 Å². The lowest BCUT2D eigenvalue weighted by Gasteiger charge is -2.10. The molecule has 0 aliphatic rings. The molecule has 10 aromatic rings. The number of hydrogen-bond acceptors (Lipinski definition) is 8. The lowest BCUT2D eigenvalue weighted by molar-refractivity contribution is 0.668. The molecule has 8 heteroatoms. The zero-order valence-electron chi connectivity index (χ0n) is 23.4. The highest BCUT2D eigenvalue weighted by Gasteiger charge is 2.22. The van der Waals surface area contributed by atoms with Gasteiger partial charge in [-0.3, -0.25) is 15.0 Å². The van der Waals surface area contributed by atoms with Crippen LogP contribution in [0.15, 0.2) is 129 Å². The molecule has 0 spiro atoms. The van der Waals surface area contributed by atoms with Crippen molar-refractivity contribution >= 4 is 66.2 Å². The summed E-state index contributed by atoms with van der Waals surface area (Å²) in [5, 5.41) is 2.82. The third-order valence-corrected chi connectivity index (χ3v) is 8.30. The van der Waals surface area contributed by atoms with Crippen molar-refractivity contribution in [1.82, 2.24) is 24.9 Å². The Morgan fingerprint density at radius 2 is 0.778 bits per heavy atom. The smallest absolute Gasteiger partial charge is 0.164 e. The molecule has 0 saturated heterocycles. The normalized spacial score (nSPS) is 12.0. The zero-order valence-corrected chi connectivity index (χ0v) is 23.4. The van der Waals surface area contributed by atoms with Crippen LogP contribution in [-0.4, -0.2) is 24.9 Å². The number of benzene rings is 3. The maximum absolute atomic E-state index is 6.37. The second kappa shape index (κ2) is 9.05. The van der Waals surface area contributed by atoms with E-state index >= 15 is 0 Å². The predicted molar refractivity (Wildman–Crippen MR) is 174 cm³/mol. The number of nitrogens with zero attached hydrogens (tertiary/aromatic N) is 5. The molecule has 45 heavy (non-hydrogen) atoms. The van der Waals surface area contributed by atoms with Gasteiger partial charge >= 0.3 is 0 Å². The van der Waals surface area contributed by atoms with Gasteiger partial charge in [0.2, 0.25) is 0 Å². The van der Waals surface area contributed by atoms with Gasteiger partial charge < -0.3 is 13.3 Å². The maximum Gasteiger partial charge on any atom is 0.164 e. The first-order chi connectivity index (χ1) is 22.3. The molecule has 0 aliphatic carbocycles. The molecule has 0 amide bonds. The molecule has 210 valence electrons. The van der Waals surface area contributed by atoms with Crippen LogP contribution in [0.5, 0.6) is 0 Å². The van der Waals surface area contributed by atoms with Crippen LogP contribution in [0.4, 0.5) is 0 Å². The maximum atomic E-state index is 6.37. The molecule has 0 aliphatic heterocycles. The van der Waals surface area contributed by atoms with Gasteiger partial charge in [-0.1, -0.05) is 36.4 Å². The summed E-state index contributed by atoms with van der Waals surface area (Å²) in [7, 11) is 0. The van der Waals surface area contributed by atoms with Crippen molar-refractivity contribution in [3.63, 3.8) is 0 Å². The monoisotopic (exact) mass is 581 g/mol. The van der Waals surface area contributed by atoms with Crippen LogP contribution in [0.1, 0.15) is 0 Å². The highest BCUT2D eigenvalue weighted by Crippen LogP contribution is 2.40. The van der Waals surface area contributed by atoms with Crippen molar-refractivity contribution in [2.45, 2.75) is 0 Å². The summed E-state index contributed by atoms with van der Waals surface area (Å²) in [6, 6.07) is 31.4. The van der Waals surface area contributed by atoms with Crippen molar-refractivity contribution < 1.29 is 13.3 Å². The SMILES string of the molecule is c1ccc2c(c1)oc1c(-c3cc(-c4ccnc5c4oc4ccccc45)nc(-c4ccnc5c4oc4ccccc45)n3)ccnc12. The van der Waals surface area contributed by atoms with Crippen LogP contribution in [0.25, 0.3) is 100 Å². The van der Waals surface area contributed by atoms with Crippen molar-refractivity contribution in [2.75, 3.05) is 0 Å². The largest absolute Gasteiger partial charge is 0.454 e. The number of aromatic nitrogens is 5. The molecule has 8 nitrogen and oxygen atoms in total. The quantitative estimate of drug-likeness (QED) is 0.203. The van der Waals surface area contributed by atoms with Gasteiger partial charge in [-0.15, -0.1) is 0 Å². The molecular formula is C37H19N5O3. The number of pyridine rings is 3. The van der Waals surface area contributed by atoms with Gasteiger partial charge in [-0.2, -0.15) is 0 Å². The summed E-state index contributed by atoms with van der Waals surface area (Å²) < 4.78 is 19.1. The number of rotatable bonds is 3. The summed E-state index contributed by atoms with van der Waals surface area (Å²) >= 11 is 0. The zero-order chi connectivity index (χ0) is 29.5. The molecule has 0 N–H and O–H groups in total. The Bertz CT molecular complexity index is 2480. The highest BCUT2D eigenvalue weighted by atomic mass is 16.3. The Morgan fingerprint density at radius 1 is 0.400 bits per heavy atom. The van der Waals surface area contributed by atoms with E-state index in [0.717, 1.165) is 66.1 Å². The van der Waals surface area contributed by atoms with Crippen LogP contribution in [0.3, 0.4) is 0 Å². The molecule has 0 saturated carbocycles. The van der Waals surface area contributed by atoms with E-state index in [1.807, 2.05) is 97.1 Å². The van der Waals surface area contributed by atoms with Gasteiger partial charge in [-0.05, 0) is 60.7 Å². The van der Waals surface area contributed by atoms with Crippen LogP contribution in [0.2, 0.25) is 0 Å². The van der Waals surface area contributed by atoms with E-state index < -0.39 is 0 Å². The van der Waals surface area contributed by atoms with Gasteiger partial charge in [0.25, 0.3) is 0 Å². The number of hydrogen-bond donors (Lipinski definition) is 0. The Labute approximate surface area is 253 Å². The first-order valence-corrected chi connectivity index (χ1v) is 14.5. The van der Waals surface area contributed by atoms with E-state index in [2.05, 4.69) is 15.0 Å². The number of fused-ring (bicyclic) bond motifs is 9. The third kappa shape index (κ3) is 3.50. The fourth-order valence-electron chi connectivity index (χ4n) is 6.24. The lowest BCUT2D eigenvalue weighted by Crippen LogP contribution is -1.97. The number of para-hydroxylation sites is 3. The Kier molecular flexibility index (Phi) is 4.84. The van der Waals surface area contributed by atoms with Gasteiger partial charge in [0.1, 0.15) is 33.3 Å². The van der Waals surface area contributed by atoms with E-state index in [0.29, 0.717) is 34.0 Å². The van der Waals surface area contributed by atoms with Crippen LogP contribution in [0, 0.1) is 0 Å². The van der Waals surface area contributed by atoms with Crippen molar-refractivity contribution in [3.05, 3.63) is 116 Å². The molecule has 0 bridgehead atoms. The van der Waals surface area contributed by atoms with Crippen LogP contribution >= 0.6 is 0 Å². The van der Waals surface area contributed by atoms with Crippen molar-refractivity contribution in [1.29, 1.82) is 0 Å². The highest BCUT2D eigenvalue weighted by molar-refractivity contribution is 6.10. The first kappa shape index (κ1) is 24.1. The molecule has 10 rings (SSSR count). The average Bonchev–Trinajstić information content (AvgIpc) is 3.79. The van der Waals surface area contributed by atoms with Crippen molar-refractivity contribution in [2.24, 2.45) is 0 Å². The minimum Gasteiger partial charge on any atom is -0.454 e. The van der Waals surface area contributed by atoms with E-state index in [-0.39, 0.29) is 0 Å². The molecule has 0 atom stereocenters. The third-order valence-electron chi connectivity index (χ3n) is 8.30. The topological polar surface area (TPSA) is 104 Å². The summed E-state index contributed by atoms with van der Waals surface area (Å²) in [6.07, 6.45) is 5.34. The molecule has 3 aromatic carbocycles. The Hall–Kier alpha value is -6.41. The minimum atomic E-state index is 0.483. The Morgan fingerprint density at radius 3 is 1.22 bits per heavy atom. The van der Waals surface area contributed by atoms with Crippen molar-refractivity contribution in [3.8, 4) is 33.9 Å². The Balaban J connectivity index is 1.29. The van der Waals surface area contributed by atoms with E-state index in [1.54, 1.807) is 18.6 Å². The molecule has 0 fully saturated rings. The summed E-state index contributed by atoms with van der Waals surface area (Å²) in [4.78, 5) is 24.2. The molecular weight excluding hydrogens is 562 g/mol. The predicted octanol–water partition coefficient (Wildman–Crippen LogP) is 9.36. The standard InChI is InChI=1S/C37H19N5O3/c1-4-10-28-22(7-1)31-34(43-28)20(13-16-38-31)26-19-27(21-14-17-39-32-23-8-2-5-11-29(23)44-35(21)32)42-37(41-26)25-15-18-40-33-24-9-3-6-12-30(24)45-36(25)33/h1-19H. The minimum absolute atomic E-state index is 0.483. The van der Waals surface area contributed by atoms with Crippen LogP contribution < -0.4 is 0 Å². The summed E-state index contributed by atoms with van der Waals surface area (Å²) in [5.74, 6) is 0.483. The average molecular weight is 582 g/mol. The molecule has 7 aromatic heterocycles. The molecule has 0 unspecified atom stereocenters. The summed E-state index contributed by atoms with van der Waals surface area (Å²) in [5.41, 5.74) is 10.2. The fraction of sp³-hybridized carbons (Fsp3) is 0. The van der Waals surface area contributed by atoms with Gasteiger partial charge in [0.15, 0.2) is 22.6 Å². The van der Waals surface area contributed by atoms with Gasteiger partial charge in [0.05, 0.1) is 17.0 Å². The van der Waals surface area contributed by atoms with Gasteiger partial charge in [0, 0.05) is 45.9 Å². The first-order valence-electron chi connectivity index (χ1n) is 14.5. The second-order valence-corrected chi connectivity index (χ2v) is 10.9. The van der Waals surface area contributed by atoms with E-state index in [1.165, 1.54) is 0 Å². The lowest BCUT2D eigenvalue weighted by atomic mass is 10.1. The molecule has 0 radical (unpaired) electrons. The fourth-order valence-corrected chi connectivity index (χ4v) is 6.24. The van der Waals surface area contributed by atoms with Crippen LogP contribution in [-0.2, 0) is 0 Å².